The first-order valence-corrected chi connectivity index (χ1v) is 8.06. The van der Waals surface area contributed by atoms with E-state index in [0.29, 0.717) is 11.8 Å². The molecule has 1 amide bonds. The maximum absolute atomic E-state index is 12.2. The van der Waals surface area contributed by atoms with E-state index in [9.17, 15) is 9.59 Å². The smallest absolute Gasteiger partial charge is 0.311 e. The molecule has 124 valence electrons. The summed E-state index contributed by atoms with van der Waals surface area (Å²) in [6.45, 7) is 1.95. The van der Waals surface area contributed by atoms with Gasteiger partial charge in [-0.05, 0) is 44.1 Å². The Morgan fingerprint density at radius 1 is 1.39 bits per heavy atom. The van der Waals surface area contributed by atoms with E-state index in [4.69, 9.17) is 4.74 Å². The summed E-state index contributed by atoms with van der Waals surface area (Å²) in [5.41, 5.74) is 1.92. The molecule has 1 N–H and O–H groups in total. The minimum atomic E-state index is -0.199. The van der Waals surface area contributed by atoms with Crippen molar-refractivity contribution in [3.05, 3.63) is 23.5 Å². The highest BCUT2D eigenvalue weighted by molar-refractivity contribution is 5.92. The highest BCUT2D eigenvalue weighted by Crippen LogP contribution is 2.48. The molecule has 4 atom stereocenters. The van der Waals surface area contributed by atoms with E-state index in [1.807, 2.05) is 14.0 Å². The summed E-state index contributed by atoms with van der Waals surface area (Å²) in [5, 5.41) is 7.17. The predicted molar refractivity (Wildman–Crippen MR) is 85.2 cm³/mol. The monoisotopic (exact) mass is 317 g/mol. The molecule has 1 aromatic rings. The Morgan fingerprint density at radius 2 is 2.13 bits per heavy atom. The number of nitrogens with zero attached hydrogens (tertiary/aromatic N) is 2. The lowest BCUT2D eigenvalue weighted by atomic mass is 9.84. The number of rotatable bonds is 4. The zero-order chi connectivity index (χ0) is 16.6. The van der Waals surface area contributed by atoms with E-state index >= 15 is 0 Å². The normalized spacial score (nSPS) is 29.2. The molecule has 0 saturated heterocycles. The van der Waals surface area contributed by atoms with Crippen LogP contribution < -0.4 is 5.32 Å². The number of carbonyl (C=O) groups excluding carboxylic acids is 2. The van der Waals surface area contributed by atoms with Gasteiger partial charge in [-0.2, -0.15) is 5.10 Å². The summed E-state index contributed by atoms with van der Waals surface area (Å²) in [6, 6.07) is -0.103. The number of fused-ring (bicyclic) bond motifs is 2. The number of hydrogen-bond donors (Lipinski definition) is 1. The Labute approximate surface area is 135 Å². The van der Waals surface area contributed by atoms with Gasteiger partial charge in [0.15, 0.2) is 0 Å². The van der Waals surface area contributed by atoms with Crippen LogP contribution in [-0.4, -0.2) is 34.8 Å². The molecular weight excluding hydrogens is 294 g/mol. The molecule has 23 heavy (non-hydrogen) atoms. The van der Waals surface area contributed by atoms with Crippen molar-refractivity contribution in [3.63, 3.8) is 0 Å². The van der Waals surface area contributed by atoms with Crippen LogP contribution in [0.5, 0.6) is 0 Å². The summed E-state index contributed by atoms with van der Waals surface area (Å²) >= 11 is 0. The molecule has 3 rings (SSSR count). The molecule has 1 aromatic heterocycles. The average Bonchev–Trinajstić information content (AvgIpc) is 3.22. The number of aryl methyl sites for hydroxylation is 1. The van der Waals surface area contributed by atoms with Crippen molar-refractivity contribution < 1.29 is 14.3 Å². The van der Waals surface area contributed by atoms with Gasteiger partial charge in [0.1, 0.15) is 0 Å². The summed E-state index contributed by atoms with van der Waals surface area (Å²) in [6.07, 6.45) is 8.16. The Kier molecular flexibility index (Phi) is 4.24. The lowest BCUT2D eigenvalue weighted by Crippen LogP contribution is -2.46. The van der Waals surface area contributed by atoms with Gasteiger partial charge in [0, 0.05) is 30.4 Å². The largest absolute Gasteiger partial charge is 0.469 e. The molecule has 0 aromatic carbocycles. The van der Waals surface area contributed by atoms with E-state index < -0.39 is 0 Å². The van der Waals surface area contributed by atoms with Gasteiger partial charge < -0.3 is 10.1 Å². The molecule has 0 aliphatic heterocycles. The van der Waals surface area contributed by atoms with Crippen LogP contribution in [0, 0.1) is 24.7 Å². The second-order valence-corrected chi connectivity index (χ2v) is 6.56. The van der Waals surface area contributed by atoms with Gasteiger partial charge in [-0.3, -0.25) is 14.3 Å². The van der Waals surface area contributed by atoms with Gasteiger partial charge >= 0.3 is 5.97 Å². The van der Waals surface area contributed by atoms with Crippen LogP contribution >= 0.6 is 0 Å². The Balaban J connectivity index is 1.67. The van der Waals surface area contributed by atoms with E-state index in [1.165, 1.54) is 13.2 Å². The van der Waals surface area contributed by atoms with Crippen LogP contribution in [0.2, 0.25) is 0 Å². The highest BCUT2D eigenvalue weighted by Gasteiger charge is 2.51. The lowest BCUT2D eigenvalue weighted by Gasteiger charge is -2.29. The second-order valence-electron chi connectivity index (χ2n) is 6.56. The van der Waals surface area contributed by atoms with Crippen LogP contribution in [0.15, 0.2) is 12.3 Å². The van der Waals surface area contributed by atoms with Crippen molar-refractivity contribution in [2.45, 2.75) is 32.2 Å². The van der Waals surface area contributed by atoms with Gasteiger partial charge in [-0.1, -0.05) is 0 Å². The molecule has 0 unspecified atom stereocenters. The zero-order valence-corrected chi connectivity index (χ0v) is 13.8. The van der Waals surface area contributed by atoms with Crippen LogP contribution in [-0.2, 0) is 21.4 Å². The fraction of sp³-hybridized carbons (Fsp3) is 0.588. The fourth-order valence-corrected chi connectivity index (χ4v) is 4.03. The number of ether oxygens (including phenoxy) is 1. The van der Waals surface area contributed by atoms with E-state index in [0.717, 1.165) is 30.5 Å². The maximum atomic E-state index is 12.2. The van der Waals surface area contributed by atoms with Gasteiger partial charge in [0.25, 0.3) is 0 Å². The quantitative estimate of drug-likeness (QED) is 0.674. The maximum Gasteiger partial charge on any atom is 0.311 e. The molecule has 1 heterocycles. The molecular formula is C17H23N3O3. The topological polar surface area (TPSA) is 73.2 Å². The summed E-state index contributed by atoms with van der Waals surface area (Å²) in [5.74, 6) is 0.175. The number of esters is 1. The third kappa shape index (κ3) is 2.90. The van der Waals surface area contributed by atoms with Crippen molar-refractivity contribution in [1.29, 1.82) is 0 Å². The Morgan fingerprint density at radius 3 is 2.78 bits per heavy atom. The van der Waals surface area contributed by atoms with Crippen LogP contribution in [0.4, 0.5) is 0 Å². The second kappa shape index (κ2) is 6.18. The molecule has 2 bridgehead atoms. The van der Waals surface area contributed by atoms with Gasteiger partial charge in [-0.15, -0.1) is 0 Å². The molecule has 6 nitrogen and oxygen atoms in total. The van der Waals surface area contributed by atoms with Crippen molar-refractivity contribution in [2.24, 2.45) is 24.8 Å². The first-order chi connectivity index (χ1) is 11.0. The van der Waals surface area contributed by atoms with Gasteiger partial charge in [-0.25, -0.2) is 0 Å². The number of amides is 1. The number of carbonyl (C=O) groups is 2. The Bertz CT molecular complexity index is 650. The fourth-order valence-electron chi connectivity index (χ4n) is 4.03. The molecule has 0 radical (unpaired) electrons. The van der Waals surface area contributed by atoms with Crippen molar-refractivity contribution >= 4 is 18.0 Å². The third-order valence-corrected chi connectivity index (χ3v) is 5.39. The minimum Gasteiger partial charge on any atom is -0.469 e. The number of aromatic nitrogens is 2. The van der Waals surface area contributed by atoms with Crippen molar-refractivity contribution in [3.8, 4) is 0 Å². The molecule has 2 aliphatic rings. The number of nitrogens with one attached hydrogen (secondary N) is 1. The van der Waals surface area contributed by atoms with Gasteiger partial charge in [0.05, 0.1) is 19.2 Å². The van der Waals surface area contributed by atoms with E-state index in [1.54, 1.807) is 17.0 Å². The average molecular weight is 317 g/mol. The first kappa shape index (κ1) is 15.8. The van der Waals surface area contributed by atoms with Gasteiger partial charge in [0.2, 0.25) is 5.91 Å². The number of hydrogen-bond acceptors (Lipinski definition) is 4. The standard InChI is InChI=1S/C17H23N3O3/c1-10-13(9-18-20(10)2)6-7-14(21)19-16-12-5-4-11(8-12)15(16)17(22)23-3/h6-7,9,11-12,15-16H,4-5,8H2,1-3H3,(H,19,21)/b7-6+/t11-,12-,15-,16+/m0/s1. The van der Waals surface area contributed by atoms with Crippen LogP contribution in [0.3, 0.4) is 0 Å². The molecule has 6 heteroatoms. The van der Waals surface area contributed by atoms with E-state index in [-0.39, 0.29) is 23.8 Å². The molecule has 2 aliphatic carbocycles. The molecule has 0 spiro atoms. The lowest BCUT2D eigenvalue weighted by molar-refractivity contribution is -0.148. The molecule has 2 saturated carbocycles. The summed E-state index contributed by atoms with van der Waals surface area (Å²) < 4.78 is 6.69. The van der Waals surface area contributed by atoms with Crippen molar-refractivity contribution in [1.82, 2.24) is 15.1 Å². The van der Waals surface area contributed by atoms with Crippen LogP contribution in [0.1, 0.15) is 30.5 Å². The first-order valence-electron chi connectivity index (χ1n) is 8.06. The number of methoxy groups -OCH3 is 1. The zero-order valence-electron chi connectivity index (χ0n) is 13.8. The Hall–Kier alpha value is -2.11. The third-order valence-electron chi connectivity index (χ3n) is 5.39. The summed E-state index contributed by atoms with van der Waals surface area (Å²) in [7, 11) is 3.28. The molecule has 2 fully saturated rings. The minimum absolute atomic E-state index is 0.103. The summed E-state index contributed by atoms with van der Waals surface area (Å²) in [4.78, 5) is 24.3. The van der Waals surface area contributed by atoms with Crippen LogP contribution in [0.25, 0.3) is 6.08 Å². The predicted octanol–water partition coefficient (Wildman–Crippen LogP) is 1.45. The SMILES string of the molecule is COC(=O)[C@H]1[C@H]2CC[C@@H](C2)[C@H]1NC(=O)/C=C/c1cnn(C)c1C. The highest BCUT2D eigenvalue weighted by atomic mass is 16.5. The van der Waals surface area contributed by atoms with Crippen molar-refractivity contribution in [2.75, 3.05) is 7.11 Å². The van der Waals surface area contributed by atoms with E-state index in [2.05, 4.69) is 10.4 Å².